The van der Waals surface area contributed by atoms with Crippen molar-refractivity contribution in [2.45, 2.75) is 32.0 Å². The Bertz CT molecular complexity index is 576. The summed E-state index contributed by atoms with van der Waals surface area (Å²) in [6, 6.07) is 9.57. The number of carboxylic acid groups (broad SMARTS) is 1. The van der Waals surface area contributed by atoms with Gasteiger partial charge in [-0.25, -0.2) is 4.79 Å². The number of amides is 1. The third kappa shape index (κ3) is 3.82. The van der Waals surface area contributed by atoms with Gasteiger partial charge in [0.15, 0.2) is 0 Å². The standard InChI is InChI=1S/C17H21NO5/c19-15(20)8-14-9-17(12-23-14)6-7-18(11-17)16(21)22-10-13-4-2-1-3-5-13/h1-5,14H,6-12H2,(H,19,20)/t14-,17-/m1/s1. The number of benzene rings is 1. The van der Waals surface area contributed by atoms with Gasteiger partial charge in [-0.3, -0.25) is 4.79 Å². The molecule has 2 aliphatic heterocycles. The van der Waals surface area contributed by atoms with Crippen LogP contribution in [-0.2, 0) is 20.9 Å². The van der Waals surface area contributed by atoms with Crippen molar-refractivity contribution >= 4 is 12.1 Å². The van der Waals surface area contributed by atoms with Crippen LogP contribution < -0.4 is 0 Å². The van der Waals surface area contributed by atoms with E-state index in [0.29, 0.717) is 26.1 Å². The van der Waals surface area contributed by atoms with Crippen molar-refractivity contribution in [2.24, 2.45) is 5.41 Å². The van der Waals surface area contributed by atoms with E-state index in [0.717, 1.165) is 12.0 Å². The summed E-state index contributed by atoms with van der Waals surface area (Å²) in [5.74, 6) is -0.843. The molecule has 6 nitrogen and oxygen atoms in total. The summed E-state index contributed by atoms with van der Waals surface area (Å²) in [5.41, 5.74) is 0.854. The van der Waals surface area contributed by atoms with Gasteiger partial charge in [0.05, 0.1) is 19.1 Å². The van der Waals surface area contributed by atoms with Crippen LogP contribution in [0.2, 0.25) is 0 Å². The lowest BCUT2D eigenvalue weighted by Gasteiger charge is -2.22. The second kappa shape index (κ2) is 6.58. The number of ether oxygens (including phenoxy) is 2. The second-order valence-electron chi connectivity index (χ2n) is 6.45. The molecule has 0 aromatic heterocycles. The highest BCUT2D eigenvalue weighted by atomic mass is 16.6. The van der Waals surface area contributed by atoms with Gasteiger partial charge in [-0.05, 0) is 18.4 Å². The molecule has 6 heteroatoms. The van der Waals surface area contributed by atoms with Crippen LogP contribution in [0.4, 0.5) is 4.79 Å². The van der Waals surface area contributed by atoms with Crippen molar-refractivity contribution in [1.82, 2.24) is 4.90 Å². The summed E-state index contributed by atoms with van der Waals surface area (Å²) in [6.07, 6.45) is 1.01. The first-order valence-corrected chi connectivity index (χ1v) is 7.85. The zero-order valence-corrected chi connectivity index (χ0v) is 12.9. The van der Waals surface area contributed by atoms with Crippen LogP contribution >= 0.6 is 0 Å². The Kier molecular flexibility index (Phi) is 4.52. The number of likely N-dealkylation sites (tertiary alicyclic amines) is 1. The first-order chi connectivity index (χ1) is 11.1. The molecule has 2 aliphatic rings. The third-order valence-corrected chi connectivity index (χ3v) is 4.59. The van der Waals surface area contributed by atoms with Gasteiger partial charge in [0.1, 0.15) is 6.61 Å². The van der Waals surface area contributed by atoms with E-state index in [1.54, 1.807) is 4.90 Å². The summed E-state index contributed by atoms with van der Waals surface area (Å²) in [6.45, 7) is 2.00. The molecule has 1 spiro atoms. The van der Waals surface area contributed by atoms with Crippen LogP contribution in [-0.4, -0.2) is 47.9 Å². The number of carbonyl (C=O) groups is 2. The van der Waals surface area contributed by atoms with E-state index in [9.17, 15) is 9.59 Å². The van der Waals surface area contributed by atoms with Gasteiger partial charge in [0, 0.05) is 18.5 Å². The molecule has 124 valence electrons. The van der Waals surface area contributed by atoms with E-state index in [1.165, 1.54) is 0 Å². The number of hydrogen-bond donors (Lipinski definition) is 1. The van der Waals surface area contributed by atoms with Crippen LogP contribution in [0.15, 0.2) is 30.3 Å². The maximum absolute atomic E-state index is 12.2. The highest BCUT2D eigenvalue weighted by molar-refractivity contribution is 5.68. The van der Waals surface area contributed by atoms with Gasteiger partial charge in [-0.1, -0.05) is 30.3 Å². The van der Waals surface area contributed by atoms with Crippen molar-refractivity contribution in [3.8, 4) is 0 Å². The molecule has 2 fully saturated rings. The monoisotopic (exact) mass is 319 g/mol. The molecule has 0 saturated carbocycles. The van der Waals surface area contributed by atoms with E-state index in [1.807, 2.05) is 30.3 Å². The Morgan fingerprint density at radius 1 is 1.35 bits per heavy atom. The summed E-state index contributed by atoms with van der Waals surface area (Å²) < 4.78 is 11.0. The molecule has 23 heavy (non-hydrogen) atoms. The van der Waals surface area contributed by atoms with Gasteiger partial charge in [0.2, 0.25) is 0 Å². The molecule has 2 saturated heterocycles. The molecule has 2 heterocycles. The number of rotatable bonds is 4. The quantitative estimate of drug-likeness (QED) is 0.921. The molecular formula is C17H21NO5. The fourth-order valence-electron chi connectivity index (χ4n) is 3.41. The van der Waals surface area contributed by atoms with Crippen LogP contribution in [0, 0.1) is 5.41 Å². The largest absolute Gasteiger partial charge is 0.481 e. The SMILES string of the molecule is O=C(O)C[C@@H]1C[C@@]2(CCN(C(=O)OCc3ccccc3)C2)CO1. The molecule has 3 rings (SSSR count). The lowest BCUT2D eigenvalue weighted by molar-refractivity contribution is -0.139. The first-order valence-electron chi connectivity index (χ1n) is 7.85. The zero-order chi connectivity index (χ0) is 16.3. The van der Waals surface area contributed by atoms with Crippen LogP contribution in [0.5, 0.6) is 0 Å². The van der Waals surface area contributed by atoms with E-state index in [4.69, 9.17) is 14.6 Å². The number of carboxylic acids is 1. The van der Waals surface area contributed by atoms with Gasteiger partial charge >= 0.3 is 12.1 Å². The third-order valence-electron chi connectivity index (χ3n) is 4.59. The molecule has 2 atom stereocenters. The number of aliphatic carboxylic acids is 1. The maximum Gasteiger partial charge on any atom is 0.410 e. The normalized spacial score (nSPS) is 26.6. The fourth-order valence-corrected chi connectivity index (χ4v) is 3.41. The van der Waals surface area contributed by atoms with Crippen molar-refractivity contribution in [2.75, 3.05) is 19.7 Å². The Morgan fingerprint density at radius 3 is 2.87 bits per heavy atom. The topological polar surface area (TPSA) is 76.1 Å². The van der Waals surface area contributed by atoms with E-state index >= 15 is 0 Å². The minimum atomic E-state index is -0.843. The Hall–Kier alpha value is -2.08. The van der Waals surface area contributed by atoms with E-state index in [-0.39, 0.29) is 30.6 Å². The number of carbonyl (C=O) groups excluding carboxylic acids is 1. The number of nitrogens with zero attached hydrogens (tertiary/aromatic N) is 1. The lowest BCUT2D eigenvalue weighted by atomic mass is 9.84. The van der Waals surface area contributed by atoms with Gasteiger partial charge < -0.3 is 19.5 Å². The summed E-state index contributed by atoms with van der Waals surface area (Å²) in [7, 11) is 0. The molecule has 1 amide bonds. The molecular weight excluding hydrogens is 298 g/mol. The molecule has 1 N–H and O–H groups in total. The first kappa shape index (κ1) is 15.8. The van der Waals surface area contributed by atoms with E-state index in [2.05, 4.69) is 0 Å². The molecule has 1 aromatic carbocycles. The molecule has 1 aromatic rings. The summed E-state index contributed by atoms with van der Waals surface area (Å²) in [5, 5.41) is 8.86. The highest BCUT2D eigenvalue weighted by Gasteiger charge is 2.47. The Balaban J connectivity index is 1.49. The minimum absolute atomic E-state index is 0.0280. The maximum atomic E-state index is 12.2. The van der Waals surface area contributed by atoms with Crippen molar-refractivity contribution in [3.05, 3.63) is 35.9 Å². The Labute approximate surface area is 135 Å². The molecule has 0 unspecified atom stereocenters. The van der Waals surface area contributed by atoms with Crippen molar-refractivity contribution in [1.29, 1.82) is 0 Å². The second-order valence-corrected chi connectivity index (χ2v) is 6.45. The smallest absolute Gasteiger partial charge is 0.410 e. The summed E-state index contributed by atoms with van der Waals surface area (Å²) in [4.78, 5) is 24.7. The lowest BCUT2D eigenvalue weighted by Crippen LogP contribution is -2.33. The Morgan fingerprint density at radius 2 is 2.13 bits per heavy atom. The van der Waals surface area contributed by atoms with Crippen LogP contribution in [0.1, 0.15) is 24.8 Å². The molecule has 0 radical (unpaired) electrons. The minimum Gasteiger partial charge on any atom is -0.481 e. The average molecular weight is 319 g/mol. The predicted octanol–water partition coefficient (Wildman–Crippen LogP) is 2.28. The van der Waals surface area contributed by atoms with Crippen LogP contribution in [0.3, 0.4) is 0 Å². The van der Waals surface area contributed by atoms with Gasteiger partial charge in [-0.15, -0.1) is 0 Å². The highest BCUT2D eigenvalue weighted by Crippen LogP contribution is 2.42. The zero-order valence-electron chi connectivity index (χ0n) is 12.9. The fraction of sp³-hybridized carbons (Fsp3) is 0.529. The average Bonchev–Trinajstić information content (AvgIpc) is 3.13. The van der Waals surface area contributed by atoms with Gasteiger partial charge in [0.25, 0.3) is 0 Å². The van der Waals surface area contributed by atoms with E-state index < -0.39 is 5.97 Å². The number of hydrogen-bond acceptors (Lipinski definition) is 4. The molecule has 0 bridgehead atoms. The van der Waals surface area contributed by atoms with Crippen molar-refractivity contribution in [3.63, 3.8) is 0 Å². The summed E-state index contributed by atoms with van der Waals surface area (Å²) >= 11 is 0. The molecule has 0 aliphatic carbocycles. The van der Waals surface area contributed by atoms with Gasteiger partial charge in [-0.2, -0.15) is 0 Å². The predicted molar refractivity (Wildman–Crippen MR) is 81.9 cm³/mol. The van der Waals surface area contributed by atoms with Crippen LogP contribution in [0.25, 0.3) is 0 Å². The van der Waals surface area contributed by atoms with Crippen molar-refractivity contribution < 1.29 is 24.2 Å².